The van der Waals surface area contributed by atoms with Crippen molar-refractivity contribution in [3.05, 3.63) is 18.7 Å². The van der Waals surface area contributed by atoms with Crippen LogP contribution in [0.3, 0.4) is 0 Å². The van der Waals surface area contributed by atoms with Gasteiger partial charge in [0.15, 0.2) is 5.82 Å². The molecule has 100 valence electrons. The van der Waals surface area contributed by atoms with Crippen LogP contribution in [0.1, 0.15) is 26.2 Å². The highest BCUT2D eigenvalue weighted by Crippen LogP contribution is 2.33. The highest BCUT2D eigenvalue weighted by atomic mass is 16.4. The number of hydrogen-bond acceptors (Lipinski definition) is 5. The van der Waals surface area contributed by atoms with Gasteiger partial charge in [-0.3, -0.25) is 4.40 Å². The number of rotatable bonds is 2. The quantitative estimate of drug-likeness (QED) is 0.866. The maximum Gasteiger partial charge on any atom is 0.329 e. The first-order valence-corrected chi connectivity index (χ1v) is 6.28. The van der Waals surface area contributed by atoms with E-state index in [1.165, 1.54) is 0 Å². The predicted molar refractivity (Wildman–Crippen MR) is 68.0 cm³/mol. The van der Waals surface area contributed by atoms with Gasteiger partial charge in [0.25, 0.3) is 0 Å². The summed E-state index contributed by atoms with van der Waals surface area (Å²) in [5, 5.41) is 17.4. The van der Waals surface area contributed by atoms with Crippen LogP contribution in [0.4, 0.5) is 5.82 Å². The smallest absolute Gasteiger partial charge is 0.329 e. The number of hydrogen-bond donors (Lipinski definition) is 1. The Hall–Kier alpha value is -2.18. The van der Waals surface area contributed by atoms with E-state index in [2.05, 4.69) is 15.2 Å². The van der Waals surface area contributed by atoms with Gasteiger partial charge < -0.3 is 10.0 Å². The van der Waals surface area contributed by atoms with Gasteiger partial charge in [0.1, 0.15) is 11.9 Å². The minimum absolute atomic E-state index is 0.588. The molecule has 2 aromatic rings. The SMILES string of the molecule is CC1(C(=O)O)CCCCN1c1nccn2cnnc12. The second-order valence-electron chi connectivity index (χ2n) is 5.00. The fourth-order valence-corrected chi connectivity index (χ4v) is 2.62. The van der Waals surface area contributed by atoms with Crippen LogP contribution in [0.15, 0.2) is 18.7 Å². The summed E-state index contributed by atoms with van der Waals surface area (Å²) in [5.41, 5.74) is -0.337. The van der Waals surface area contributed by atoms with Gasteiger partial charge in [-0.1, -0.05) is 0 Å². The van der Waals surface area contributed by atoms with Crippen molar-refractivity contribution in [1.29, 1.82) is 0 Å². The van der Waals surface area contributed by atoms with Crippen molar-refractivity contribution in [3.8, 4) is 0 Å². The Bertz CT molecular complexity index is 625. The van der Waals surface area contributed by atoms with E-state index in [0.717, 1.165) is 12.8 Å². The maximum atomic E-state index is 11.6. The third kappa shape index (κ3) is 1.73. The summed E-state index contributed by atoms with van der Waals surface area (Å²) in [6, 6.07) is 0. The molecule has 1 aliphatic heterocycles. The maximum absolute atomic E-state index is 11.6. The number of anilines is 1. The molecule has 3 heterocycles. The Morgan fingerprint density at radius 3 is 3.11 bits per heavy atom. The fourth-order valence-electron chi connectivity index (χ4n) is 2.62. The highest BCUT2D eigenvalue weighted by molar-refractivity contribution is 5.84. The summed E-state index contributed by atoms with van der Waals surface area (Å²) in [6.45, 7) is 2.42. The van der Waals surface area contributed by atoms with Gasteiger partial charge in [-0.2, -0.15) is 0 Å². The molecule has 1 N–H and O–H groups in total. The van der Waals surface area contributed by atoms with Gasteiger partial charge in [0.2, 0.25) is 5.65 Å². The molecule has 0 saturated carbocycles. The van der Waals surface area contributed by atoms with E-state index in [9.17, 15) is 9.90 Å². The summed E-state index contributed by atoms with van der Waals surface area (Å²) in [4.78, 5) is 17.8. The van der Waals surface area contributed by atoms with E-state index >= 15 is 0 Å². The van der Waals surface area contributed by atoms with E-state index in [4.69, 9.17) is 0 Å². The first-order valence-electron chi connectivity index (χ1n) is 6.28. The molecule has 1 aliphatic rings. The van der Waals surface area contributed by atoms with E-state index < -0.39 is 11.5 Å². The minimum atomic E-state index is -0.932. The van der Waals surface area contributed by atoms with E-state index in [1.54, 1.807) is 30.0 Å². The molecule has 3 rings (SSSR count). The van der Waals surface area contributed by atoms with Gasteiger partial charge in [0, 0.05) is 18.9 Å². The topological polar surface area (TPSA) is 83.6 Å². The van der Waals surface area contributed by atoms with Gasteiger partial charge >= 0.3 is 5.97 Å². The van der Waals surface area contributed by atoms with Gasteiger partial charge in [-0.15, -0.1) is 10.2 Å². The van der Waals surface area contributed by atoms with Crippen LogP contribution >= 0.6 is 0 Å². The minimum Gasteiger partial charge on any atom is -0.480 e. The van der Waals surface area contributed by atoms with Crippen LogP contribution in [0.5, 0.6) is 0 Å². The number of aromatic nitrogens is 4. The molecule has 7 heteroatoms. The summed E-state index contributed by atoms with van der Waals surface area (Å²) >= 11 is 0. The molecule has 0 amide bonds. The van der Waals surface area contributed by atoms with Gasteiger partial charge in [0.05, 0.1) is 0 Å². The zero-order valence-corrected chi connectivity index (χ0v) is 10.7. The van der Waals surface area contributed by atoms with Crippen LogP contribution in [0, 0.1) is 0 Å². The van der Waals surface area contributed by atoms with Crippen LogP contribution < -0.4 is 4.90 Å². The average molecular weight is 261 g/mol. The predicted octanol–water partition coefficient (Wildman–Crippen LogP) is 0.958. The summed E-state index contributed by atoms with van der Waals surface area (Å²) in [7, 11) is 0. The molecule has 0 spiro atoms. The lowest BCUT2D eigenvalue weighted by Gasteiger charge is -2.42. The number of carboxylic acid groups (broad SMARTS) is 1. The molecule has 19 heavy (non-hydrogen) atoms. The van der Waals surface area contributed by atoms with Crippen molar-refractivity contribution in [2.75, 3.05) is 11.4 Å². The van der Waals surface area contributed by atoms with Crippen LogP contribution in [-0.4, -0.2) is 42.7 Å². The molecule has 2 aromatic heterocycles. The van der Waals surface area contributed by atoms with Crippen molar-refractivity contribution in [2.45, 2.75) is 31.7 Å². The normalized spacial score (nSPS) is 23.7. The summed E-state index contributed by atoms with van der Waals surface area (Å²) < 4.78 is 1.75. The van der Waals surface area contributed by atoms with E-state index in [0.29, 0.717) is 24.4 Å². The van der Waals surface area contributed by atoms with Crippen molar-refractivity contribution in [1.82, 2.24) is 19.6 Å². The lowest BCUT2D eigenvalue weighted by atomic mass is 9.88. The molecular formula is C12H15N5O2. The molecule has 1 unspecified atom stereocenters. The number of piperidine rings is 1. The molecule has 1 saturated heterocycles. The third-order valence-corrected chi connectivity index (χ3v) is 3.80. The molecule has 0 aromatic carbocycles. The third-order valence-electron chi connectivity index (χ3n) is 3.80. The Labute approximate surface area is 109 Å². The zero-order chi connectivity index (χ0) is 13.5. The Morgan fingerprint density at radius 2 is 2.32 bits per heavy atom. The van der Waals surface area contributed by atoms with Gasteiger partial charge in [-0.05, 0) is 26.2 Å². The molecule has 7 nitrogen and oxygen atoms in total. The second-order valence-corrected chi connectivity index (χ2v) is 5.00. The molecule has 0 radical (unpaired) electrons. The zero-order valence-electron chi connectivity index (χ0n) is 10.7. The lowest BCUT2D eigenvalue weighted by Crippen LogP contribution is -2.55. The molecule has 0 aliphatic carbocycles. The molecule has 0 bridgehead atoms. The van der Waals surface area contributed by atoms with Crippen molar-refractivity contribution in [3.63, 3.8) is 0 Å². The molecule has 1 atom stereocenters. The summed E-state index contributed by atoms with van der Waals surface area (Å²) in [6.07, 6.45) is 7.46. The van der Waals surface area contributed by atoms with E-state index in [1.807, 2.05) is 4.90 Å². The largest absolute Gasteiger partial charge is 0.480 e. The first-order chi connectivity index (χ1) is 9.13. The van der Waals surface area contributed by atoms with Crippen LogP contribution in [-0.2, 0) is 4.79 Å². The lowest BCUT2D eigenvalue weighted by molar-refractivity contribution is -0.143. The van der Waals surface area contributed by atoms with Crippen LogP contribution in [0.25, 0.3) is 5.65 Å². The highest BCUT2D eigenvalue weighted by Gasteiger charge is 2.43. The summed E-state index contributed by atoms with van der Waals surface area (Å²) in [5.74, 6) is -0.236. The fraction of sp³-hybridized carbons (Fsp3) is 0.500. The first kappa shape index (κ1) is 11.9. The van der Waals surface area contributed by atoms with Gasteiger partial charge in [-0.25, -0.2) is 9.78 Å². The Kier molecular flexibility index (Phi) is 2.62. The van der Waals surface area contributed by atoms with Crippen molar-refractivity contribution >= 4 is 17.4 Å². The number of aliphatic carboxylic acids is 1. The number of carbonyl (C=O) groups is 1. The number of fused-ring (bicyclic) bond motifs is 1. The van der Waals surface area contributed by atoms with Crippen LogP contribution in [0.2, 0.25) is 0 Å². The van der Waals surface area contributed by atoms with Crippen molar-refractivity contribution in [2.24, 2.45) is 0 Å². The molecular weight excluding hydrogens is 246 g/mol. The van der Waals surface area contributed by atoms with Crippen molar-refractivity contribution < 1.29 is 9.90 Å². The molecule has 1 fully saturated rings. The Balaban J connectivity index is 2.13. The number of nitrogens with zero attached hydrogens (tertiary/aromatic N) is 5. The Morgan fingerprint density at radius 1 is 1.47 bits per heavy atom. The van der Waals surface area contributed by atoms with E-state index in [-0.39, 0.29) is 0 Å². The number of carboxylic acids is 1. The monoisotopic (exact) mass is 261 g/mol. The average Bonchev–Trinajstić information content (AvgIpc) is 2.87. The second kappa shape index (κ2) is 4.18. The standard InChI is InChI=1S/C12H15N5O2/c1-12(11(18)19)4-2-3-6-17(12)9-10-15-14-8-16(10)7-5-13-9/h5,7-8H,2-4,6H2,1H3,(H,18,19).